The highest BCUT2D eigenvalue weighted by molar-refractivity contribution is 5.44. The van der Waals surface area contributed by atoms with E-state index < -0.39 is 5.82 Å². The molecule has 0 fully saturated rings. The molecule has 0 aliphatic carbocycles. The molecule has 0 spiro atoms. The highest BCUT2D eigenvalue weighted by Gasteiger charge is 2.17. The van der Waals surface area contributed by atoms with Crippen LogP contribution >= 0.6 is 0 Å². The van der Waals surface area contributed by atoms with E-state index in [0.717, 1.165) is 6.20 Å². The number of hydrogen-bond acceptors (Lipinski definition) is 5. The number of aromatic nitrogens is 2. The zero-order valence-corrected chi connectivity index (χ0v) is 9.74. The van der Waals surface area contributed by atoms with Gasteiger partial charge in [0.05, 0.1) is 12.8 Å². The van der Waals surface area contributed by atoms with Gasteiger partial charge in [0.25, 0.3) is 0 Å². The van der Waals surface area contributed by atoms with Crippen LogP contribution in [0.15, 0.2) is 6.20 Å². The molecule has 0 bridgehead atoms. The van der Waals surface area contributed by atoms with Crippen LogP contribution in [-0.4, -0.2) is 41.3 Å². The zero-order valence-electron chi connectivity index (χ0n) is 9.74. The lowest BCUT2D eigenvalue weighted by molar-refractivity contribution is 0.298. The molecular weight excluding hydrogens is 211 g/mol. The Morgan fingerprint density at radius 3 is 2.75 bits per heavy atom. The van der Waals surface area contributed by atoms with Crippen molar-refractivity contribution in [3.63, 3.8) is 0 Å². The molecule has 90 valence electrons. The van der Waals surface area contributed by atoms with Crippen molar-refractivity contribution < 1.29 is 9.50 Å². The van der Waals surface area contributed by atoms with Crippen molar-refractivity contribution in [2.45, 2.75) is 19.9 Å². The zero-order chi connectivity index (χ0) is 12.1. The second kappa shape index (κ2) is 5.60. The molecule has 1 aromatic heterocycles. The third-order valence-corrected chi connectivity index (χ3v) is 2.19. The van der Waals surface area contributed by atoms with Gasteiger partial charge in [-0.25, -0.2) is 9.37 Å². The normalized spacial score (nSPS) is 10.6. The monoisotopic (exact) mass is 228 g/mol. The van der Waals surface area contributed by atoms with Gasteiger partial charge >= 0.3 is 0 Å². The van der Waals surface area contributed by atoms with Crippen molar-refractivity contribution in [3.05, 3.63) is 12.0 Å². The summed E-state index contributed by atoms with van der Waals surface area (Å²) in [4.78, 5) is 9.51. The molecule has 1 heterocycles. The van der Waals surface area contributed by atoms with Gasteiger partial charge in [0.1, 0.15) is 0 Å². The first kappa shape index (κ1) is 12.6. The van der Waals surface area contributed by atoms with Crippen LogP contribution in [0.4, 0.5) is 16.2 Å². The van der Waals surface area contributed by atoms with Crippen LogP contribution in [0.2, 0.25) is 0 Å². The molecule has 0 aliphatic heterocycles. The minimum absolute atomic E-state index is 0.0451. The van der Waals surface area contributed by atoms with E-state index in [1.165, 1.54) is 0 Å². The summed E-state index contributed by atoms with van der Waals surface area (Å²) in [6.07, 6.45) is 1.13. The molecule has 0 aromatic carbocycles. The number of nitrogens with zero attached hydrogens (tertiary/aromatic N) is 3. The maximum Gasteiger partial charge on any atom is 0.224 e. The molecule has 16 heavy (non-hydrogen) atoms. The predicted octanol–water partition coefficient (Wildman–Crippen LogP) is 0.864. The Kier molecular flexibility index (Phi) is 4.42. The SMILES string of the molecule is CNc1ncc(F)c(N(CCO)C(C)C)n1. The number of aliphatic hydroxyl groups excluding tert-OH is 1. The highest BCUT2D eigenvalue weighted by Crippen LogP contribution is 2.19. The molecule has 0 amide bonds. The molecule has 0 atom stereocenters. The highest BCUT2D eigenvalue weighted by atomic mass is 19.1. The van der Waals surface area contributed by atoms with Crippen LogP contribution in [0.1, 0.15) is 13.8 Å². The van der Waals surface area contributed by atoms with E-state index in [2.05, 4.69) is 15.3 Å². The summed E-state index contributed by atoms with van der Waals surface area (Å²) >= 11 is 0. The summed E-state index contributed by atoms with van der Waals surface area (Å²) in [5.41, 5.74) is 0. The van der Waals surface area contributed by atoms with Gasteiger partial charge in [0, 0.05) is 19.6 Å². The van der Waals surface area contributed by atoms with Crippen LogP contribution in [0.5, 0.6) is 0 Å². The topological polar surface area (TPSA) is 61.3 Å². The minimum atomic E-state index is -0.485. The van der Waals surface area contributed by atoms with E-state index in [0.29, 0.717) is 12.5 Å². The third kappa shape index (κ3) is 2.79. The lowest BCUT2D eigenvalue weighted by atomic mass is 10.3. The first-order valence-corrected chi connectivity index (χ1v) is 5.18. The third-order valence-electron chi connectivity index (χ3n) is 2.19. The van der Waals surface area contributed by atoms with Crippen LogP contribution in [0.25, 0.3) is 0 Å². The fraction of sp³-hybridized carbons (Fsp3) is 0.600. The Morgan fingerprint density at radius 1 is 1.56 bits per heavy atom. The lowest BCUT2D eigenvalue weighted by Gasteiger charge is -2.27. The molecule has 1 aromatic rings. The summed E-state index contributed by atoms with van der Waals surface area (Å²) in [6, 6.07) is 0.0567. The van der Waals surface area contributed by atoms with Gasteiger partial charge in [0.2, 0.25) is 5.95 Å². The van der Waals surface area contributed by atoms with Crippen LogP contribution in [0, 0.1) is 5.82 Å². The molecule has 6 heteroatoms. The number of rotatable bonds is 5. The molecule has 0 saturated heterocycles. The Balaban J connectivity index is 3.06. The molecule has 1 rings (SSSR count). The van der Waals surface area contributed by atoms with Crippen molar-refractivity contribution in [2.75, 3.05) is 30.4 Å². The van der Waals surface area contributed by atoms with Crippen molar-refractivity contribution >= 4 is 11.8 Å². The second-order valence-corrected chi connectivity index (χ2v) is 3.63. The van der Waals surface area contributed by atoms with Gasteiger partial charge in [-0.2, -0.15) is 4.98 Å². The average Bonchev–Trinajstić information content (AvgIpc) is 2.27. The second-order valence-electron chi connectivity index (χ2n) is 3.63. The van der Waals surface area contributed by atoms with Gasteiger partial charge in [-0.05, 0) is 13.8 Å². The molecule has 0 radical (unpaired) electrons. The van der Waals surface area contributed by atoms with Crippen molar-refractivity contribution in [1.82, 2.24) is 9.97 Å². The Bertz CT molecular complexity index is 346. The summed E-state index contributed by atoms with van der Waals surface area (Å²) < 4.78 is 13.6. The Hall–Kier alpha value is -1.43. The number of hydrogen-bond donors (Lipinski definition) is 2. The van der Waals surface area contributed by atoms with Crippen molar-refractivity contribution in [1.29, 1.82) is 0 Å². The van der Waals surface area contributed by atoms with Gasteiger partial charge < -0.3 is 15.3 Å². The van der Waals surface area contributed by atoms with E-state index in [1.807, 2.05) is 13.8 Å². The molecule has 0 aliphatic rings. The molecule has 0 saturated carbocycles. The Labute approximate surface area is 94.3 Å². The van der Waals surface area contributed by atoms with Gasteiger partial charge in [-0.1, -0.05) is 0 Å². The fourth-order valence-corrected chi connectivity index (χ4v) is 1.40. The number of halogens is 1. The lowest BCUT2D eigenvalue weighted by Crippen LogP contribution is -2.35. The van der Waals surface area contributed by atoms with Crippen LogP contribution in [0.3, 0.4) is 0 Å². The van der Waals surface area contributed by atoms with Crippen molar-refractivity contribution in [3.8, 4) is 0 Å². The quantitative estimate of drug-likeness (QED) is 0.783. The smallest absolute Gasteiger partial charge is 0.224 e. The van der Waals surface area contributed by atoms with E-state index >= 15 is 0 Å². The summed E-state index contributed by atoms with van der Waals surface area (Å²) in [6.45, 7) is 4.12. The van der Waals surface area contributed by atoms with Crippen molar-refractivity contribution in [2.24, 2.45) is 0 Å². The van der Waals surface area contributed by atoms with E-state index in [-0.39, 0.29) is 18.5 Å². The molecular formula is C10H17FN4O. The van der Waals surface area contributed by atoms with E-state index in [9.17, 15) is 4.39 Å². The van der Waals surface area contributed by atoms with Crippen LogP contribution < -0.4 is 10.2 Å². The standard InChI is InChI=1S/C10H17FN4O/c1-7(2)15(4-5-16)9-8(11)6-13-10(12-3)14-9/h6-7,16H,4-5H2,1-3H3,(H,12,13,14). The summed E-state index contributed by atoms with van der Waals surface area (Å²) in [5.74, 6) is 0.0875. The maximum absolute atomic E-state index is 13.6. The predicted molar refractivity (Wildman–Crippen MR) is 61.1 cm³/mol. The molecule has 0 unspecified atom stereocenters. The molecule has 2 N–H and O–H groups in total. The minimum Gasteiger partial charge on any atom is -0.395 e. The van der Waals surface area contributed by atoms with Gasteiger partial charge in [-0.15, -0.1) is 0 Å². The summed E-state index contributed by atoms with van der Waals surface area (Å²) in [7, 11) is 1.67. The number of aliphatic hydroxyl groups is 1. The van der Waals surface area contributed by atoms with E-state index in [4.69, 9.17) is 5.11 Å². The number of anilines is 2. The largest absolute Gasteiger partial charge is 0.395 e. The van der Waals surface area contributed by atoms with Crippen LogP contribution in [-0.2, 0) is 0 Å². The van der Waals surface area contributed by atoms with E-state index in [1.54, 1.807) is 11.9 Å². The fourth-order valence-electron chi connectivity index (χ4n) is 1.40. The average molecular weight is 228 g/mol. The molecule has 5 nitrogen and oxygen atoms in total. The van der Waals surface area contributed by atoms with Gasteiger partial charge in [-0.3, -0.25) is 0 Å². The summed E-state index contributed by atoms with van der Waals surface area (Å²) in [5, 5.41) is 11.7. The Morgan fingerprint density at radius 2 is 2.25 bits per heavy atom. The first-order valence-electron chi connectivity index (χ1n) is 5.18. The first-order chi connectivity index (χ1) is 7.60. The van der Waals surface area contributed by atoms with Gasteiger partial charge in [0.15, 0.2) is 11.6 Å². The number of nitrogens with one attached hydrogen (secondary N) is 1. The maximum atomic E-state index is 13.6.